The average Bonchev–Trinajstić information content (AvgIpc) is 1.71. The van der Waals surface area contributed by atoms with Gasteiger partial charge in [-0.05, 0) is 115 Å². The summed E-state index contributed by atoms with van der Waals surface area (Å²) in [5.41, 5.74) is 7.28. The van der Waals surface area contributed by atoms with Crippen molar-refractivity contribution in [3.63, 3.8) is 0 Å². The molecule has 46 heteroatoms. The number of rotatable bonds is 62. The fourth-order valence-electron chi connectivity index (χ4n) is 15.6. The third-order valence-electron chi connectivity index (χ3n) is 24.6. The van der Waals surface area contributed by atoms with Crippen molar-refractivity contribution >= 4 is 112 Å². The van der Waals surface area contributed by atoms with E-state index in [1.165, 1.54) is 59.1 Å². The minimum Gasteiger partial charge on any atom is -0.480 e. The Hall–Kier alpha value is -13.1. The van der Waals surface area contributed by atoms with Crippen molar-refractivity contribution in [2.45, 2.75) is 256 Å². The van der Waals surface area contributed by atoms with E-state index in [0.29, 0.717) is 91.7 Å². The first-order valence-corrected chi connectivity index (χ1v) is 48.5. The average molecular weight is 1960 g/mol. The number of likely N-dealkylation sites (tertiary alicyclic amines) is 2. The number of thioether (sulfide) groups is 1. The van der Waals surface area contributed by atoms with Crippen LogP contribution in [0.3, 0.4) is 0 Å². The lowest BCUT2D eigenvalue weighted by molar-refractivity contribution is -0.143. The molecule has 0 spiro atoms. The standard InChI is InChI=1S/C93H142N28O17S/c1-12-57(5)79(88(134)116-72(52-139-13-2)85(131)112-67(43-61-25-18-15-19-26-61)83(129)111-66(42-60-23-16-14-17-24-60)82(128)110-65(27-20-32-101-91(95)96)81(127)115-71(90(136)137)41-56(3)4)117-87(133)73-28-21-36-120(73)78(125)51-103-80(126)68(44-62-47-97-53-104-62)113-86(132)74-29-22-37-121(74)89(135)70(46-64-49-99-55-106-64)114-84(130)69(45-63-48-98-54-105-63)109-77(124)50-102-76(123)31-30-75(122)100-33-38-119(39-34-107-92(8,9)58(6)94)40-35-108-93(10,11)59(7)118-138/h14-19,23-26,47-49,53-57,59,65-74,79,94,107-108H,12-13,20-22,27-46,50-52H2,1-11H3,(H,97,104)(H,98,105)(H,99,106)(H,100,122)(H,102,123)(H,103,126)(H,109,124)(H,110,128)(H,111,129)(H,112,131)(H,113,132)(H,114,130)(H,115,127)(H,116,134)(H,117,133)(H,136,137)(H4,95,96,101)/t57?,59?,65?,66-,67?,68?,69?,70?,71?,72?,73?,74?,79?/m0/s1. The molecular weight excluding hydrogens is 1810 g/mol. The van der Waals surface area contributed by atoms with E-state index >= 15 is 4.79 Å². The number of nitrogens with zero attached hydrogens (tertiary/aromatic N) is 7. The second kappa shape index (κ2) is 57.3. The van der Waals surface area contributed by atoms with Crippen LogP contribution in [0.2, 0.25) is 0 Å². The Bertz CT molecular complexity index is 4860. The van der Waals surface area contributed by atoms with Crippen molar-refractivity contribution < 1.29 is 77.0 Å². The summed E-state index contributed by atoms with van der Waals surface area (Å²) in [6, 6.07) is 2.17. The molecule has 2 aromatic carbocycles. The molecule has 23 N–H and O–H groups in total. The number of imidazole rings is 3. The molecule has 0 saturated carbocycles. The number of benzene rings is 2. The van der Waals surface area contributed by atoms with Gasteiger partial charge >= 0.3 is 5.97 Å². The van der Waals surface area contributed by atoms with Crippen LogP contribution in [0.5, 0.6) is 0 Å². The van der Waals surface area contributed by atoms with Crippen LogP contribution in [-0.2, 0) is 104 Å². The second-order valence-corrected chi connectivity index (χ2v) is 37.8. The lowest BCUT2D eigenvalue weighted by Gasteiger charge is -2.31. The number of aromatic amines is 3. The van der Waals surface area contributed by atoms with E-state index in [1.807, 2.05) is 34.6 Å². The maximum absolute atomic E-state index is 15.1. The van der Waals surface area contributed by atoms with E-state index in [-0.39, 0.29) is 121 Å². The lowest BCUT2D eigenvalue weighted by Crippen LogP contribution is -2.61. The first kappa shape index (κ1) is 113. The third kappa shape index (κ3) is 38.3. The highest BCUT2D eigenvalue weighted by atomic mass is 32.2. The van der Waals surface area contributed by atoms with Gasteiger partial charge in [-0.25, -0.2) is 19.7 Å². The number of hydrogen-bond acceptors (Lipinski definition) is 26. The monoisotopic (exact) mass is 1960 g/mol. The summed E-state index contributed by atoms with van der Waals surface area (Å²) < 4.78 is 0. The highest BCUT2D eigenvalue weighted by Crippen LogP contribution is 2.24. The number of carbonyl (C=O) groups is 15. The Kier molecular flexibility index (Phi) is 46.5. The number of hydrogen-bond donors (Lipinski definition) is 22. The highest BCUT2D eigenvalue weighted by Gasteiger charge is 2.43. The molecule has 762 valence electrons. The molecule has 5 aromatic rings. The number of carboxylic acid groups (broad SMARTS) is 1. The van der Waals surface area contributed by atoms with Gasteiger partial charge in [0, 0.05) is 157 Å². The van der Waals surface area contributed by atoms with Gasteiger partial charge in [0.05, 0.1) is 37.6 Å². The number of nitroso groups, excluding NO2 is 1. The summed E-state index contributed by atoms with van der Waals surface area (Å²) in [5.74, 6) is -12.3. The number of nitrogens with one attached hydrogen (secondary N) is 20. The van der Waals surface area contributed by atoms with Gasteiger partial charge in [-0.2, -0.15) is 16.7 Å². The van der Waals surface area contributed by atoms with E-state index < -0.39 is 191 Å². The van der Waals surface area contributed by atoms with E-state index in [2.05, 4.69) is 120 Å². The predicted octanol–water partition coefficient (Wildman–Crippen LogP) is -0.731. The molecule has 2 aliphatic heterocycles. The number of carbonyl (C=O) groups excluding carboxylic acids is 14. The first-order valence-electron chi connectivity index (χ1n) is 47.3. The number of nitrogens with two attached hydrogens (primary N) is 1. The minimum absolute atomic E-state index is 0.0157. The summed E-state index contributed by atoms with van der Waals surface area (Å²) in [6.45, 7) is 21.8. The Morgan fingerprint density at radius 3 is 1.51 bits per heavy atom. The van der Waals surface area contributed by atoms with Gasteiger partial charge in [-0.3, -0.25) is 77.4 Å². The number of H-pyrrole nitrogens is 3. The molecule has 2 saturated heterocycles. The van der Waals surface area contributed by atoms with E-state index in [0.717, 1.165) is 0 Å². The van der Waals surface area contributed by atoms with Gasteiger partial charge in [0.1, 0.15) is 72.5 Å². The van der Waals surface area contributed by atoms with Gasteiger partial charge in [0.2, 0.25) is 82.7 Å². The molecular formula is C93H142N28O17S. The topological polar surface area (TPSA) is 656 Å². The Morgan fingerprint density at radius 1 is 0.532 bits per heavy atom. The van der Waals surface area contributed by atoms with Crippen LogP contribution in [0.1, 0.15) is 169 Å². The molecule has 0 bridgehead atoms. The maximum atomic E-state index is 15.1. The molecule has 2 aliphatic rings. The van der Waals surface area contributed by atoms with Crippen molar-refractivity contribution in [3.05, 3.63) is 131 Å². The van der Waals surface area contributed by atoms with Crippen molar-refractivity contribution in [1.82, 2.24) is 124 Å². The molecule has 0 aliphatic carbocycles. The summed E-state index contributed by atoms with van der Waals surface area (Å²) >= 11 is 1.30. The summed E-state index contributed by atoms with van der Waals surface area (Å²) in [7, 11) is 0. The predicted molar refractivity (Wildman–Crippen MR) is 520 cm³/mol. The quantitative estimate of drug-likeness (QED) is 0.00987. The smallest absolute Gasteiger partial charge is 0.326 e. The number of amides is 14. The summed E-state index contributed by atoms with van der Waals surface area (Å²) in [6.07, 6.45) is 8.57. The SMILES string of the molecule is CCSCC(NC(=O)C(NC(=O)C1CCCN1C(=O)CNC(=O)C(Cc1cnc[nH]1)NC(=O)C1CCCN1C(=O)C(Cc1cnc[nH]1)NC(=O)C(Cc1cnc[nH]1)NC(=O)CNC(=O)CCC(=O)NCCN(CCNC(C)(C)C(C)=N)CCNC(C)(C)C(C)N=O)C(C)CC)C(=O)NC(Cc1ccccc1)C(=O)N[C@@H](Cc1ccccc1)C(=O)NC(CCCNC(=N)N)C(=O)NC(CC(C)C)C(=O)O. The summed E-state index contributed by atoms with van der Waals surface area (Å²) in [5, 5.41) is 71.1. The van der Waals surface area contributed by atoms with E-state index in [9.17, 15) is 77.1 Å². The molecule has 139 heavy (non-hydrogen) atoms. The lowest BCUT2D eigenvalue weighted by atomic mass is 9.97. The van der Waals surface area contributed by atoms with Crippen LogP contribution in [0, 0.1) is 27.6 Å². The van der Waals surface area contributed by atoms with Crippen molar-refractivity contribution in [3.8, 4) is 0 Å². The molecule has 7 rings (SSSR count). The van der Waals surface area contributed by atoms with Gasteiger partial charge in [-0.15, -0.1) is 0 Å². The van der Waals surface area contributed by atoms with Crippen LogP contribution < -0.4 is 85.5 Å². The number of aromatic nitrogens is 6. The third-order valence-corrected chi connectivity index (χ3v) is 25.5. The molecule has 12 unspecified atom stereocenters. The molecule has 5 heterocycles. The van der Waals surface area contributed by atoms with Crippen LogP contribution in [0.4, 0.5) is 0 Å². The van der Waals surface area contributed by atoms with Crippen molar-refractivity contribution in [2.75, 3.05) is 83.5 Å². The number of carboxylic acids is 1. The largest absolute Gasteiger partial charge is 0.480 e. The van der Waals surface area contributed by atoms with Crippen LogP contribution >= 0.6 is 11.8 Å². The van der Waals surface area contributed by atoms with Gasteiger partial charge in [-0.1, -0.05) is 107 Å². The van der Waals surface area contributed by atoms with Gasteiger partial charge < -0.3 is 121 Å². The van der Waals surface area contributed by atoms with Gasteiger partial charge in [0.25, 0.3) is 0 Å². The summed E-state index contributed by atoms with van der Waals surface area (Å²) in [4.78, 5) is 251. The zero-order chi connectivity index (χ0) is 102. The fraction of sp³-hybridized carbons (Fsp3) is 0.591. The van der Waals surface area contributed by atoms with Crippen molar-refractivity contribution in [2.24, 2.45) is 22.7 Å². The molecule has 2 fully saturated rings. The Labute approximate surface area is 813 Å². The Morgan fingerprint density at radius 2 is 1.00 bits per heavy atom. The Balaban J connectivity index is 0.982. The first-order chi connectivity index (χ1) is 66.2. The molecule has 13 atom stereocenters. The van der Waals surface area contributed by atoms with E-state index in [1.54, 1.807) is 102 Å². The fourth-order valence-corrected chi connectivity index (χ4v) is 16.3. The van der Waals surface area contributed by atoms with Crippen LogP contribution in [0.25, 0.3) is 0 Å². The van der Waals surface area contributed by atoms with Gasteiger partial charge in [0.15, 0.2) is 5.96 Å². The van der Waals surface area contributed by atoms with Crippen molar-refractivity contribution in [1.29, 1.82) is 10.8 Å². The number of guanidine groups is 1. The minimum atomic E-state index is -1.42. The zero-order valence-corrected chi connectivity index (χ0v) is 82.0. The molecule has 3 aromatic heterocycles. The normalized spacial score (nSPS) is 16.1. The number of aliphatic carboxylic acids is 1. The zero-order valence-electron chi connectivity index (χ0n) is 81.2. The van der Waals surface area contributed by atoms with Crippen LogP contribution in [-0.4, -0.2) is 317 Å². The van der Waals surface area contributed by atoms with E-state index in [4.69, 9.17) is 16.6 Å². The maximum Gasteiger partial charge on any atom is 0.326 e. The second-order valence-electron chi connectivity index (χ2n) is 36.5. The molecule has 14 amide bonds. The van der Waals surface area contributed by atoms with Crippen LogP contribution in [0.15, 0.2) is 103 Å². The molecule has 45 nitrogen and oxygen atoms in total. The molecule has 0 radical (unpaired) electrons. The highest BCUT2D eigenvalue weighted by molar-refractivity contribution is 7.99.